The van der Waals surface area contributed by atoms with Gasteiger partial charge in [0.15, 0.2) is 0 Å². The molecule has 2 saturated heterocycles. The van der Waals surface area contributed by atoms with Gasteiger partial charge in [-0.2, -0.15) is 0 Å². The van der Waals surface area contributed by atoms with Crippen LogP contribution in [0.1, 0.15) is 33.6 Å². The molecule has 0 aromatic carbocycles. The van der Waals surface area contributed by atoms with Gasteiger partial charge in [-0.3, -0.25) is 4.90 Å². The van der Waals surface area contributed by atoms with E-state index in [-0.39, 0.29) is 0 Å². The standard InChI is InChI=1S/C12H19F2NO3/c1-12(2,3)18-11(17)15-6-4-5-7(15)9(14)10(16)8(6)13/h6-10,16H,4-5H2,1-3H3. The first-order chi connectivity index (χ1) is 8.22. The molecule has 0 radical (unpaired) electrons. The van der Waals surface area contributed by atoms with Gasteiger partial charge in [-0.05, 0) is 33.6 Å². The number of fused-ring (bicyclic) bond motifs is 2. The van der Waals surface area contributed by atoms with E-state index in [1.54, 1.807) is 20.8 Å². The number of carbonyl (C=O) groups excluding carboxylic acids is 1. The van der Waals surface area contributed by atoms with Gasteiger partial charge in [0.1, 0.15) is 24.0 Å². The molecular formula is C12H19F2NO3. The number of piperidine rings is 1. The molecule has 4 nitrogen and oxygen atoms in total. The van der Waals surface area contributed by atoms with Crippen LogP contribution in [0.15, 0.2) is 0 Å². The topological polar surface area (TPSA) is 49.8 Å². The second kappa shape index (κ2) is 4.33. The van der Waals surface area contributed by atoms with Gasteiger partial charge in [0, 0.05) is 0 Å². The van der Waals surface area contributed by atoms with E-state index in [9.17, 15) is 18.7 Å². The number of alkyl halides is 2. The lowest BCUT2D eigenvalue weighted by molar-refractivity contribution is -0.0889. The first-order valence-corrected chi connectivity index (χ1v) is 6.20. The van der Waals surface area contributed by atoms with Crippen molar-refractivity contribution in [3.05, 3.63) is 0 Å². The second-order valence-electron chi connectivity index (χ2n) is 5.98. The van der Waals surface area contributed by atoms with Gasteiger partial charge in [-0.1, -0.05) is 0 Å². The fraction of sp³-hybridized carbons (Fsp3) is 0.917. The van der Waals surface area contributed by atoms with Crippen molar-refractivity contribution in [3.8, 4) is 0 Å². The predicted octanol–water partition coefficient (Wildman–Crippen LogP) is 1.81. The molecule has 4 unspecified atom stereocenters. The van der Waals surface area contributed by atoms with Gasteiger partial charge in [-0.15, -0.1) is 0 Å². The average molecular weight is 263 g/mol. The monoisotopic (exact) mass is 263 g/mol. The zero-order valence-electron chi connectivity index (χ0n) is 10.8. The summed E-state index contributed by atoms with van der Waals surface area (Å²) in [5.41, 5.74) is -0.704. The number of aliphatic hydroxyl groups excluding tert-OH is 1. The quantitative estimate of drug-likeness (QED) is 0.725. The van der Waals surface area contributed by atoms with Crippen molar-refractivity contribution in [3.63, 3.8) is 0 Å². The van der Waals surface area contributed by atoms with Crippen molar-refractivity contribution in [1.29, 1.82) is 0 Å². The highest BCUT2D eigenvalue weighted by Crippen LogP contribution is 2.39. The SMILES string of the molecule is CC(C)(C)OC(=O)N1C2CCC1C(F)C(O)C2F. The molecule has 2 fully saturated rings. The van der Waals surface area contributed by atoms with Gasteiger partial charge in [0.2, 0.25) is 0 Å². The third-order valence-electron chi connectivity index (χ3n) is 3.46. The van der Waals surface area contributed by atoms with Crippen molar-refractivity contribution in [2.75, 3.05) is 0 Å². The number of ether oxygens (including phenoxy) is 1. The van der Waals surface area contributed by atoms with Crippen molar-refractivity contribution in [1.82, 2.24) is 4.90 Å². The van der Waals surface area contributed by atoms with E-state index in [1.807, 2.05) is 0 Å². The lowest BCUT2D eigenvalue weighted by Crippen LogP contribution is -2.61. The number of amides is 1. The molecule has 2 aliphatic heterocycles. The largest absolute Gasteiger partial charge is 0.444 e. The number of carbonyl (C=O) groups is 1. The summed E-state index contributed by atoms with van der Waals surface area (Å²) in [5, 5.41) is 9.43. The Morgan fingerprint density at radius 3 is 2.06 bits per heavy atom. The minimum atomic E-state index is -1.74. The lowest BCUT2D eigenvalue weighted by Gasteiger charge is -2.41. The number of nitrogens with zero attached hydrogens (tertiary/aromatic N) is 1. The Bertz CT molecular complexity index is 327. The lowest BCUT2D eigenvalue weighted by atomic mass is 9.96. The van der Waals surface area contributed by atoms with Crippen LogP contribution in [0, 0.1) is 0 Å². The number of rotatable bonds is 0. The first kappa shape index (κ1) is 13.5. The molecule has 2 bridgehead atoms. The molecule has 0 aromatic heterocycles. The van der Waals surface area contributed by atoms with Crippen LogP contribution in [0.3, 0.4) is 0 Å². The van der Waals surface area contributed by atoms with Crippen LogP contribution >= 0.6 is 0 Å². The van der Waals surface area contributed by atoms with E-state index in [0.29, 0.717) is 12.8 Å². The normalized spacial score (nSPS) is 39.9. The molecule has 6 heteroatoms. The second-order valence-corrected chi connectivity index (χ2v) is 5.98. The summed E-state index contributed by atoms with van der Waals surface area (Å²) in [6.45, 7) is 5.10. The number of halogens is 2. The van der Waals surface area contributed by atoms with Crippen LogP contribution in [-0.4, -0.2) is 52.2 Å². The molecule has 4 atom stereocenters. The Kier molecular flexibility index (Phi) is 3.25. The smallest absolute Gasteiger partial charge is 0.410 e. The predicted molar refractivity (Wildman–Crippen MR) is 60.7 cm³/mol. The minimum absolute atomic E-state index is 0.364. The van der Waals surface area contributed by atoms with E-state index in [2.05, 4.69) is 0 Å². The zero-order valence-corrected chi connectivity index (χ0v) is 10.8. The molecule has 18 heavy (non-hydrogen) atoms. The van der Waals surface area contributed by atoms with Crippen LogP contribution in [-0.2, 0) is 4.74 Å². The van der Waals surface area contributed by atoms with Gasteiger partial charge in [0.05, 0.1) is 12.1 Å². The van der Waals surface area contributed by atoms with Crippen LogP contribution in [0.2, 0.25) is 0 Å². The number of aliphatic hydroxyl groups is 1. The molecule has 0 aliphatic carbocycles. The fourth-order valence-electron chi connectivity index (χ4n) is 2.71. The maximum absolute atomic E-state index is 13.8. The minimum Gasteiger partial charge on any atom is -0.444 e. The number of hydrogen-bond donors (Lipinski definition) is 1. The van der Waals surface area contributed by atoms with E-state index in [4.69, 9.17) is 4.74 Å². The van der Waals surface area contributed by atoms with Gasteiger partial charge in [-0.25, -0.2) is 13.6 Å². The summed E-state index contributed by atoms with van der Waals surface area (Å²) < 4.78 is 32.8. The average Bonchev–Trinajstić information content (AvgIpc) is 2.63. The van der Waals surface area contributed by atoms with Gasteiger partial charge < -0.3 is 9.84 Å². The summed E-state index contributed by atoms with van der Waals surface area (Å²) in [4.78, 5) is 13.1. The van der Waals surface area contributed by atoms with Crippen LogP contribution in [0.4, 0.5) is 13.6 Å². The van der Waals surface area contributed by atoms with E-state index in [1.165, 1.54) is 0 Å². The molecule has 2 aliphatic rings. The Morgan fingerprint density at radius 2 is 1.67 bits per heavy atom. The Labute approximate surface area is 105 Å². The van der Waals surface area contributed by atoms with Crippen LogP contribution in [0.25, 0.3) is 0 Å². The molecule has 0 saturated carbocycles. The van der Waals surface area contributed by atoms with Crippen molar-refractivity contribution < 1.29 is 23.4 Å². The summed E-state index contributed by atoms with van der Waals surface area (Å²) in [6.07, 6.45) is -5.10. The maximum Gasteiger partial charge on any atom is 0.410 e. The van der Waals surface area contributed by atoms with E-state index < -0.39 is 42.2 Å². The maximum atomic E-state index is 13.8. The Morgan fingerprint density at radius 1 is 1.22 bits per heavy atom. The van der Waals surface area contributed by atoms with Gasteiger partial charge in [0.25, 0.3) is 0 Å². The highest BCUT2D eigenvalue weighted by Gasteiger charge is 2.56. The van der Waals surface area contributed by atoms with Gasteiger partial charge >= 0.3 is 6.09 Å². The number of hydrogen-bond acceptors (Lipinski definition) is 3. The van der Waals surface area contributed by atoms with Crippen molar-refractivity contribution >= 4 is 6.09 Å². The third kappa shape index (κ3) is 2.18. The molecule has 0 aromatic rings. The van der Waals surface area contributed by atoms with Crippen molar-refractivity contribution in [2.24, 2.45) is 0 Å². The first-order valence-electron chi connectivity index (χ1n) is 6.20. The Hall–Kier alpha value is -0.910. The van der Waals surface area contributed by atoms with E-state index in [0.717, 1.165) is 4.90 Å². The van der Waals surface area contributed by atoms with Crippen LogP contribution < -0.4 is 0 Å². The molecule has 2 rings (SSSR count). The molecule has 104 valence electrons. The highest BCUT2D eigenvalue weighted by atomic mass is 19.1. The summed E-state index contributed by atoms with van der Waals surface area (Å²) >= 11 is 0. The molecule has 1 N–H and O–H groups in total. The summed E-state index contributed by atoms with van der Waals surface area (Å²) in [6, 6.07) is -1.54. The Balaban J connectivity index is 2.17. The molecular weight excluding hydrogens is 244 g/mol. The zero-order chi connectivity index (χ0) is 13.7. The third-order valence-corrected chi connectivity index (χ3v) is 3.46. The summed E-state index contributed by atoms with van der Waals surface area (Å²) in [5.74, 6) is 0. The highest BCUT2D eigenvalue weighted by molar-refractivity contribution is 5.70. The molecule has 1 amide bonds. The molecule has 2 heterocycles. The summed E-state index contributed by atoms with van der Waals surface area (Å²) in [7, 11) is 0. The van der Waals surface area contributed by atoms with Crippen molar-refractivity contribution in [2.45, 2.75) is 69.7 Å². The molecule has 0 spiro atoms. The van der Waals surface area contributed by atoms with Crippen LogP contribution in [0.5, 0.6) is 0 Å². The fourth-order valence-corrected chi connectivity index (χ4v) is 2.71. The van der Waals surface area contributed by atoms with E-state index >= 15 is 0 Å².